The Morgan fingerprint density at radius 1 is 1.10 bits per heavy atom. The molecule has 1 fully saturated rings. The maximum Gasteiger partial charge on any atom is 0.0387 e. The normalized spacial score (nSPS) is 23.5. The van der Waals surface area contributed by atoms with E-state index in [-0.39, 0.29) is 0 Å². The number of rotatable bonds is 2. The van der Waals surface area contributed by atoms with E-state index in [1.165, 1.54) is 16.5 Å². The van der Waals surface area contributed by atoms with Gasteiger partial charge in [-0.2, -0.15) is 0 Å². The zero-order valence-electron chi connectivity index (χ0n) is 12.6. The molecule has 2 unspecified atom stereocenters. The van der Waals surface area contributed by atoms with Crippen molar-refractivity contribution >= 4 is 16.5 Å². The van der Waals surface area contributed by atoms with E-state index in [0.29, 0.717) is 18.0 Å². The minimum atomic E-state index is 0.547. The van der Waals surface area contributed by atoms with Crippen molar-refractivity contribution in [1.29, 1.82) is 0 Å². The first-order chi connectivity index (χ1) is 9.65. The topological polar surface area (TPSA) is 15.3 Å². The fourth-order valence-electron chi connectivity index (χ4n) is 3.05. The Bertz CT molecular complexity index is 591. The molecule has 20 heavy (non-hydrogen) atoms. The highest BCUT2D eigenvalue weighted by Gasteiger charge is 2.26. The summed E-state index contributed by atoms with van der Waals surface area (Å²) in [7, 11) is 0. The van der Waals surface area contributed by atoms with Crippen LogP contribution in [0.25, 0.3) is 10.8 Å². The maximum absolute atomic E-state index is 3.66. The van der Waals surface area contributed by atoms with Gasteiger partial charge < -0.3 is 10.2 Å². The molecule has 2 aromatic rings. The summed E-state index contributed by atoms with van der Waals surface area (Å²) in [4.78, 5) is 2.55. The molecule has 0 aliphatic carbocycles. The van der Waals surface area contributed by atoms with E-state index in [2.05, 4.69) is 73.5 Å². The molecule has 1 N–H and O–H groups in total. The molecule has 2 heteroatoms. The van der Waals surface area contributed by atoms with Crippen molar-refractivity contribution in [3.05, 3.63) is 42.5 Å². The fourth-order valence-corrected chi connectivity index (χ4v) is 3.05. The lowest BCUT2D eigenvalue weighted by Gasteiger charge is -2.42. The number of anilines is 1. The first-order valence-corrected chi connectivity index (χ1v) is 7.64. The van der Waals surface area contributed by atoms with Gasteiger partial charge in [0.25, 0.3) is 0 Å². The second-order valence-electron chi connectivity index (χ2n) is 6.29. The molecule has 0 bridgehead atoms. The van der Waals surface area contributed by atoms with Gasteiger partial charge in [0.1, 0.15) is 0 Å². The molecule has 3 rings (SSSR count). The van der Waals surface area contributed by atoms with Crippen LogP contribution < -0.4 is 10.2 Å². The quantitative estimate of drug-likeness (QED) is 0.894. The van der Waals surface area contributed by atoms with Crippen molar-refractivity contribution in [1.82, 2.24) is 5.32 Å². The highest BCUT2D eigenvalue weighted by atomic mass is 15.2. The second-order valence-corrected chi connectivity index (χ2v) is 6.29. The fraction of sp³-hybridized carbons (Fsp3) is 0.444. The summed E-state index contributed by atoms with van der Waals surface area (Å²) >= 11 is 0. The van der Waals surface area contributed by atoms with Crippen molar-refractivity contribution < 1.29 is 0 Å². The predicted octanol–water partition coefficient (Wildman–Crippen LogP) is 3.66. The Kier molecular flexibility index (Phi) is 3.66. The first-order valence-electron chi connectivity index (χ1n) is 7.64. The summed E-state index contributed by atoms with van der Waals surface area (Å²) < 4.78 is 0. The van der Waals surface area contributed by atoms with Crippen molar-refractivity contribution in [2.45, 2.75) is 32.9 Å². The third-order valence-electron chi connectivity index (χ3n) is 4.47. The number of nitrogens with one attached hydrogen (secondary N) is 1. The van der Waals surface area contributed by atoms with Crippen molar-refractivity contribution in [2.24, 2.45) is 5.92 Å². The molecule has 2 nitrogen and oxygen atoms in total. The van der Waals surface area contributed by atoms with Crippen molar-refractivity contribution in [2.75, 3.05) is 18.0 Å². The average molecular weight is 268 g/mol. The minimum absolute atomic E-state index is 0.547. The van der Waals surface area contributed by atoms with E-state index in [9.17, 15) is 0 Å². The molecule has 1 aliphatic heterocycles. The Morgan fingerprint density at radius 2 is 1.85 bits per heavy atom. The van der Waals surface area contributed by atoms with Gasteiger partial charge in [-0.25, -0.2) is 0 Å². The SMILES string of the molecule is CC(C)C1CN(c2ccc3ccccc3c2)C(C)CN1. The van der Waals surface area contributed by atoms with E-state index in [0.717, 1.165) is 13.1 Å². The lowest BCUT2D eigenvalue weighted by Crippen LogP contribution is -2.57. The number of benzene rings is 2. The third kappa shape index (κ3) is 2.53. The van der Waals surface area contributed by atoms with Gasteiger partial charge in [-0.15, -0.1) is 0 Å². The van der Waals surface area contributed by atoms with Gasteiger partial charge in [0.2, 0.25) is 0 Å². The average Bonchev–Trinajstić information content (AvgIpc) is 2.47. The highest BCUT2D eigenvalue weighted by Crippen LogP contribution is 2.26. The Balaban J connectivity index is 1.91. The zero-order valence-corrected chi connectivity index (χ0v) is 12.6. The first kappa shape index (κ1) is 13.4. The summed E-state index contributed by atoms with van der Waals surface area (Å²) in [6.07, 6.45) is 0. The third-order valence-corrected chi connectivity index (χ3v) is 4.47. The van der Waals surface area contributed by atoms with Gasteiger partial charge >= 0.3 is 0 Å². The number of nitrogens with zero attached hydrogens (tertiary/aromatic N) is 1. The molecule has 2 aromatic carbocycles. The maximum atomic E-state index is 3.66. The molecular weight excluding hydrogens is 244 g/mol. The Hall–Kier alpha value is -1.54. The highest BCUT2D eigenvalue weighted by molar-refractivity contribution is 5.85. The number of hydrogen-bond acceptors (Lipinski definition) is 2. The van der Waals surface area contributed by atoms with E-state index in [1.54, 1.807) is 0 Å². The summed E-state index contributed by atoms with van der Waals surface area (Å²) in [6.45, 7) is 9.06. The zero-order chi connectivity index (χ0) is 14.1. The molecule has 0 aromatic heterocycles. The molecule has 1 saturated heterocycles. The Morgan fingerprint density at radius 3 is 2.60 bits per heavy atom. The van der Waals surface area contributed by atoms with Crippen molar-refractivity contribution in [3.63, 3.8) is 0 Å². The smallest absolute Gasteiger partial charge is 0.0387 e. The molecule has 2 atom stereocenters. The van der Waals surface area contributed by atoms with Crippen LogP contribution in [-0.2, 0) is 0 Å². The monoisotopic (exact) mass is 268 g/mol. The lowest BCUT2D eigenvalue weighted by molar-refractivity contribution is 0.337. The molecule has 1 aliphatic rings. The van der Waals surface area contributed by atoms with Gasteiger partial charge in [-0.3, -0.25) is 0 Å². The summed E-state index contributed by atoms with van der Waals surface area (Å²) in [5, 5.41) is 6.31. The number of piperazine rings is 1. The van der Waals surface area contributed by atoms with Crippen LogP contribution in [0.1, 0.15) is 20.8 Å². The van der Waals surface area contributed by atoms with Crippen LogP contribution in [0, 0.1) is 5.92 Å². The van der Waals surface area contributed by atoms with E-state index >= 15 is 0 Å². The van der Waals surface area contributed by atoms with Crippen LogP contribution >= 0.6 is 0 Å². The van der Waals surface area contributed by atoms with Crippen LogP contribution in [0.3, 0.4) is 0 Å². The summed E-state index contributed by atoms with van der Waals surface area (Å²) in [5.74, 6) is 0.672. The largest absolute Gasteiger partial charge is 0.366 e. The molecule has 0 spiro atoms. The number of fused-ring (bicyclic) bond motifs is 1. The molecule has 0 amide bonds. The van der Waals surface area contributed by atoms with Crippen molar-refractivity contribution in [3.8, 4) is 0 Å². The molecule has 0 saturated carbocycles. The van der Waals surface area contributed by atoms with Gasteiger partial charge in [0, 0.05) is 30.9 Å². The standard InChI is InChI=1S/C18H24N2/c1-13(2)18-12-20(14(3)11-19-18)17-9-8-15-6-4-5-7-16(15)10-17/h4-10,13-14,18-19H,11-12H2,1-3H3. The predicted molar refractivity (Wildman–Crippen MR) is 87.4 cm³/mol. The van der Waals surface area contributed by atoms with Gasteiger partial charge in [-0.1, -0.05) is 44.2 Å². The van der Waals surface area contributed by atoms with Crippen LogP contribution in [0.5, 0.6) is 0 Å². The second kappa shape index (κ2) is 5.45. The molecule has 0 radical (unpaired) electrons. The van der Waals surface area contributed by atoms with E-state index in [4.69, 9.17) is 0 Å². The summed E-state index contributed by atoms with van der Waals surface area (Å²) in [5.41, 5.74) is 1.35. The van der Waals surface area contributed by atoms with E-state index < -0.39 is 0 Å². The van der Waals surface area contributed by atoms with Gasteiger partial charge in [0.05, 0.1) is 0 Å². The molecule has 1 heterocycles. The van der Waals surface area contributed by atoms with Gasteiger partial charge in [-0.05, 0) is 35.7 Å². The minimum Gasteiger partial charge on any atom is -0.366 e. The molecular formula is C18H24N2. The van der Waals surface area contributed by atoms with Gasteiger partial charge in [0.15, 0.2) is 0 Å². The van der Waals surface area contributed by atoms with Crippen LogP contribution in [0.4, 0.5) is 5.69 Å². The number of hydrogen-bond donors (Lipinski definition) is 1. The molecule has 106 valence electrons. The van der Waals surface area contributed by atoms with Crippen LogP contribution in [-0.4, -0.2) is 25.2 Å². The summed E-state index contributed by atoms with van der Waals surface area (Å²) in [6, 6.07) is 16.6. The Labute approximate surface area is 121 Å². The van der Waals surface area contributed by atoms with E-state index in [1.807, 2.05) is 0 Å². The van der Waals surface area contributed by atoms with Crippen LogP contribution in [0.2, 0.25) is 0 Å². The lowest BCUT2D eigenvalue weighted by atomic mass is 9.99. The van der Waals surface area contributed by atoms with Crippen LogP contribution in [0.15, 0.2) is 42.5 Å².